The van der Waals surface area contributed by atoms with E-state index in [9.17, 15) is 0 Å². The van der Waals surface area contributed by atoms with Gasteiger partial charge in [-0.05, 0) is 22.6 Å². The fourth-order valence-corrected chi connectivity index (χ4v) is 1.15. The summed E-state index contributed by atoms with van der Waals surface area (Å²) in [5, 5.41) is 35.6. The third-order valence-electron chi connectivity index (χ3n) is 1.18. The van der Waals surface area contributed by atoms with Crippen LogP contribution in [-0.2, 0) is 0 Å². The maximum atomic E-state index is 8.98. The lowest BCUT2D eigenvalue weighted by Gasteiger charge is -2.03. The molecule has 1 rings (SSSR count). The fourth-order valence-electron chi connectivity index (χ4n) is 0.603. The molecule has 0 radical (unpaired) electrons. The van der Waals surface area contributed by atoms with Crippen molar-refractivity contribution in [3.05, 3.63) is 9.64 Å². The Morgan fingerprint density at radius 2 is 1.45 bits per heavy atom. The molecule has 5 heteroatoms. The number of aromatic hydroxyl groups is 4. The van der Waals surface area contributed by atoms with Crippen molar-refractivity contribution in [3.8, 4) is 23.0 Å². The molecule has 0 atom stereocenters. The number of rotatable bonds is 0. The Hall–Kier alpha value is -0.850. The van der Waals surface area contributed by atoms with Gasteiger partial charge in [-0.2, -0.15) is 0 Å². The molecule has 0 amide bonds. The zero-order chi connectivity index (χ0) is 8.59. The third-order valence-corrected chi connectivity index (χ3v) is 2.00. The van der Waals surface area contributed by atoms with E-state index in [4.69, 9.17) is 20.4 Å². The molecule has 4 nitrogen and oxygen atoms in total. The molecule has 0 spiro atoms. The second-order valence-corrected chi connectivity index (χ2v) is 3.09. The number of phenolic OH excluding ortho intramolecular Hbond substituents is 4. The first-order chi connectivity index (χ1) is 5.04. The Morgan fingerprint density at radius 3 is 2.00 bits per heavy atom. The molecule has 0 aliphatic carbocycles. The van der Waals surface area contributed by atoms with Crippen LogP contribution in [0.5, 0.6) is 23.0 Å². The van der Waals surface area contributed by atoms with Crippen molar-refractivity contribution >= 4 is 22.6 Å². The van der Waals surface area contributed by atoms with Crippen molar-refractivity contribution in [1.82, 2.24) is 0 Å². The highest BCUT2D eigenvalue weighted by atomic mass is 127. The highest BCUT2D eigenvalue weighted by Crippen LogP contribution is 2.43. The molecule has 0 aromatic heterocycles. The summed E-state index contributed by atoms with van der Waals surface area (Å²) in [6.45, 7) is 0. The summed E-state index contributed by atoms with van der Waals surface area (Å²) in [4.78, 5) is 0. The van der Waals surface area contributed by atoms with Crippen LogP contribution in [-0.4, -0.2) is 20.4 Å². The molecule has 1 aromatic rings. The van der Waals surface area contributed by atoms with E-state index in [1.54, 1.807) is 22.6 Å². The first kappa shape index (κ1) is 8.25. The molecule has 0 aliphatic heterocycles. The molecule has 1 aromatic carbocycles. The van der Waals surface area contributed by atoms with Crippen molar-refractivity contribution in [1.29, 1.82) is 0 Å². The van der Waals surface area contributed by atoms with Gasteiger partial charge in [0.05, 0.1) is 3.57 Å². The number of benzene rings is 1. The molecule has 0 saturated heterocycles. The van der Waals surface area contributed by atoms with Gasteiger partial charge in [0.25, 0.3) is 0 Å². The van der Waals surface area contributed by atoms with Gasteiger partial charge in [0, 0.05) is 6.07 Å². The van der Waals surface area contributed by atoms with Crippen molar-refractivity contribution in [3.63, 3.8) is 0 Å². The van der Waals surface area contributed by atoms with Crippen molar-refractivity contribution in [2.75, 3.05) is 0 Å². The average molecular weight is 268 g/mol. The number of hydrogen-bond donors (Lipinski definition) is 4. The molecular weight excluding hydrogens is 263 g/mol. The minimum Gasteiger partial charge on any atom is -0.504 e. The van der Waals surface area contributed by atoms with Gasteiger partial charge in [-0.1, -0.05) is 0 Å². The smallest absolute Gasteiger partial charge is 0.205 e. The summed E-state index contributed by atoms with van der Waals surface area (Å²) in [6, 6.07) is 1.14. The van der Waals surface area contributed by atoms with Gasteiger partial charge in [0.2, 0.25) is 11.5 Å². The predicted octanol–water partition coefficient (Wildman–Crippen LogP) is 1.11. The van der Waals surface area contributed by atoms with Crippen LogP contribution < -0.4 is 0 Å². The summed E-state index contributed by atoms with van der Waals surface area (Å²) in [5.74, 6) is -2.29. The van der Waals surface area contributed by atoms with Gasteiger partial charge in [0.1, 0.15) is 0 Å². The second kappa shape index (κ2) is 2.65. The molecule has 0 unspecified atom stereocenters. The van der Waals surface area contributed by atoms with Gasteiger partial charge in [0.15, 0.2) is 11.5 Å². The topological polar surface area (TPSA) is 80.9 Å². The van der Waals surface area contributed by atoms with E-state index < -0.39 is 23.0 Å². The zero-order valence-electron chi connectivity index (χ0n) is 5.24. The maximum absolute atomic E-state index is 8.98. The predicted molar refractivity (Wildman–Crippen MR) is 45.8 cm³/mol. The summed E-state index contributed by atoms with van der Waals surface area (Å²) in [7, 11) is 0. The Labute approximate surface area is 75.9 Å². The maximum Gasteiger partial charge on any atom is 0.205 e. The van der Waals surface area contributed by atoms with E-state index in [2.05, 4.69) is 0 Å². The summed E-state index contributed by atoms with van der Waals surface area (Å²) in [6.07, 6.45) is 0. The third kappa shape index (κ3) is 1.28. The van der Waals surface area contributed by atoms with Crippen LogP contribution in [0, 0.1) is 3.57 Å². The van der Waals surface area contributed by atoms with Gasteiger partial charge < -0.3 is 20.4 Å². The van der Waals surface area contributed by atoms with Crippen molar-refractivity contribution < 1.29 is 20.4 Å². The minimum atomic E-state index is -0.706. The van der Waals surface area contributed by atoms with Crippen molar-refractivity contribution in [2.45, 2.75) is 0 Å². The van der Waals surface area contributed by atoms with E-state index in [-0.39, 0.29) is 3.57 Å². The van der Waals surface area contributed by atoms with Gasteiger partial charge in [-0.15, -0.1) is 0 Å². The first-order valence-corrected chi connectivity index (χ1v) is 3.74. The minimum absolute atomic E-state index is 0.274. The van der Waals surface area contributed by atoms with Crippen molar-refractivity contribution in [2.24, 2.45) is 0 Å². The van der Waals surface area contributed by atoms with Crippen LogP contribution in [0.25, 0.3) is 0 Å². The lowest BCUT2D eigenvalue weighted by atomic mass is 10.3. The normalized spacial score (nSPS) is 9.91. The average Bonchev–Trinajstić information content (AvgIpc) is 1.97. The van der Waals surface area contributed by atoms with Gasteiger partial charge in [-0.25, -0.2) is 0 Å². The second-order valence-electron chi connectivity index (χ2n) is 1.92. The van der Waals surface area contributed by atoms with Crippen LogP contribution in [0.1, 0.15) is 0 Å². The van der Waals surface area contributed by atoms with E-state index >= 15 is 0 Å². The SMILES string of the molecule is Oc1cc(I)c(O)c(O)c1O. The van der Waals surface area contributed by atoms with E-state index in [1.165, 1.54) is 0 Å². The van der Waals surface area contributed by atoms with E-state index in [0.29, 0.717) is 0 Å². The van der Waals surface area contributed by atoms with Crippen LogP contribution >= 0.6 is 22.6 Å². The first-order valence-electron chi connectivity index (χ1n) is 2.66. The van der Waals surface area contributed by atoms with E-state index in [0.717, 1.165) is 6.07 Å². The molecule has 0 heterocycles. The largest absolute Gasteiger partial charge is 0.504 e. The molecule has 0 aliphatic rings. The Morgan fingerprint density at radius 1 is 0.909 bits per heavy atom. The van der Waals surface area contributed by atoms with Crippen LogP contribution in [0.2, 0.25) is 0 Å². The molecule has 4 N–H and O–H groups in total. The van der Waals surface area contributed by atoms with Gasteiger partial charge >= 0.3 is 0 Å². The Balaban J connectivity index is 3.46. The number of phenols is 4. The highest BCUT2D eigenvalue weighted by Gasteiger charge is 2.13. The standard InChI is InChI=1S/C6H5IO4/c7-2-1-3(8)5(10)6(11)4(2)9/h1,8-11H. The lowest BCUT2D eigenvalue weighted by Crippen LogP contribution is -1.77. The van der Waals surface area contributed by atoms with Crippen LogP contribution in [0.15, 0.2) is 6.07 Å². The lowest BCUT2D eigenvalue weighted by molar-refractivity contribution is 0.344. The Kier molecular flexibility index (Phi) is 1.99. The fraction of sp³-hybridized carbons (Fsp3) is 0. The summed E-state index contributed by atoms with van der Waals surface area (Å²) < 4.78 is 0.274. The molecule has 11 heavy (non-hydrogen) atoms. The number of halogens is 1. The molecular formula is C6H5IO4. The quantitative estimate of drug-likeness (QED) is 0.323. The van der Waals surface area contributed by atoms with Crippen LogP contribution in [0.3, 0.4) is 0 Å². The summed E-state index contributed by atoms with van der Waals surface area (Å²) >= 11 is 1.71. The van der Waals surface area contributed by atoms with E-state index in [1.807, 2.05) is 0 Å². The number of hydrogen-bond acceptors (Lipinski definition) is 4. The van der Waals surface area contributed by atoms with Crippen LogP contribution in [0.4, 0.5) is 0 Å². The molecule has 0 fully saturated rings. The Bertz CT molecular complexity index is 271. The molecule has 0 bridgehead atoms. The highest BCUT2D eigenvalue weighted by molar-refractivity contribution is 14.1. The summed E-state index contributed by atoms with van der Waals surface area (Å²) in [5.41, 5.74) is 0. The monoisotopic (exact) mass is 268 g/mol. The zero-order valence-corrected chi connectivity index (χ0v) is 7.40. The van der Waals surface area contributed by atoms with Gasteiger partial charge in [-0.3, -0.25) is 0 Å². The molecule has 0 saturated carbocycles. The molecule has 60 valence electrons.